The van der Waals surface area contributed by atoms with Crippen LogP contribution in [0.2, 0.25) is 0 Å². The van der Waals surface area contributed by atoms with Crippen molar-refractivity contribution in [3.8, 4) is 0 Å². The van der Waals surface area contributed by atoms with Crippen molar-refractivity contribution < 1.29 is 4.57 Å². The predicted molar refractivity (Wildman–Crippen MR) is 81.6 cm³/mol. The molecule has 2 aliphatic carbocycles. The van der Waals surface area contributed by atoms with Gasteiger partial charge in [0, 0.05) is 5.56 Å². The van der Waals surface area contributed by atoms with E-state index in [1.54, 1.807) is 0 Å². The highest BCUT2D eigenvalue weighted by atomic mass is 31.1. The van der Waals surface area contributed by atoms with Gasteiger partial charge in [0.15, 0.2) is 5.30 Å². The molecule has 0 aliphatic heterocycles. The van der Waals surface area contributed by atoms with Gasteiger partial charge in [0.25, 0.3) is 0 Å². The van der Waals surface area contributed by atoms with Crippen molar-refractivity contribution in [3.63, 3.8) is 0 Å². The van der Waals surface area contributed by atoms with Crippen LogP contribution >= 0.6 is 7.80 Å². The third-order valence-corrected chi connectivity index (χ3v) is 7.53. The van der Waals surface area contributed by atoms with E-state index >= 15 is 0 Å². The van der Waals surface area contributed by atoms with Crippen molar-refractivity contribution in [2.75, 3.05) is 6.66 Å². The molecule has 4 atom stereocenters. The normalized spacial score (nSPS) is 36.5. The van der Waals surface area contributed by atoms with E-state index in [-0.39, 0.29) is 0 Å². The van der Waals surface area contributed by atoms with Gasteiger partial charge in [-0.2, -0.15) is 0 Å². The summed E-state index contributed by atoms with van der Waals surface area (Å²) in [5.41, 5.74) is 2.16. The van der Waals surface area contributed by atoms with Gasteiger partial charge >= 0.3 is 7.80 Å². The van der Waals surface area contributed by atoms with Crippen LogP contribution in [0.5, 0.6) is 0 Å². The van der Waals surface area contributed by atoms with Gasteiger partial charge in [0.2, 0.25) is 0 Å². The van der Waals surface area contributed by atoms with Gasteiger partial charge in [-0.1, -0.05) is 43.5 Å². The summed E-state index contributed by atoms with van der Waals surface area (Å²) in [6.45, 7) is 9.19. The number of fused-ring (bicyclic) bond motifs is 2. The molecule has 2 heteroatoms. The van der Waals surface area contributed by atoms with Crippen LogP contribution in [0, 0.1) is 16.7 Å². The van der Waals surface area contributed by atoms with Gasteiger partial charge in [-0.05, 0) is 48.0 Å². The Balaban J connectivity index is 2.09. The third-order valence-electron chi connectivity index (χ3n) is 6.45. The highest BCUT2D eigenvalue weighted by Crippen LogP contribution is 2.70. The molecule has 3 rings (SSSR count). The lowest BCUT2D eigenvalue weighted by atomic mass is 9.65. The van der Waals surface area contributed by atoms with Gasteiger partial charge in [-0.3, -0.25) is 0 Å². The average molecular weight is 275 g/mol. The van der Waals surface area contributed by atoms with Gasteiger partial charge in [0.05, 0.1) is 0 Å². The van der Waals surface area contributed by atoms with Crippen LogP contribution in [-0.2, 0) is 4.57 Å². The van der Waals surface area contributed by atoms with Crippen LogP contribution in [0.3, 0.4) is 0 Å². The van der Waals surface area contributed by atoms with E-state index in [1.165, 1.54) is 24.8 Å². The van der Waals surface area contributed by atoms with Gasteiger partial charge in [-0.15, -0.1) is 0 Å². The minimum atomic E-state index is -1.24. The lowest BCUT2D eigenvalue weighted by molar-refractivity contribution is 0.135. The van der Waals surface area contributed by atoms with E-state index in [1.807, 2.05) is 12.7 Å². The highest BCUT2D eigenvalue weighted by molar-refractivity contribution is 7.52. The third kappa shape index (κ3) is 1.67. The molecule has 19 heavy (non-hydrogen) atoms. The molecule has 0 heterocycles. The molecule has 0 amide bonds. The molecule has 0 spiro atoms. The molecule has 2 aliphatic rings. The molecular formula is C17H24OP+. The number of rotatable bonds is 2. The highest BCUT2D eigenvalue weighted by Gasteiger charge is 2.62. The van der Waals surface area contributed by atoms with Crippen molar-refractivity contribution >= 4 is 13.1 Å². The molecule has 0 N–H and O–H groups in total. The van der Waals surface area contributed by atoms with Crippen molar-refractivity contribution in [1.82, 2.24) is 0 Å². The second kappa shape index (κ2) is 4.16. The summed E-state index contributed by atoms with van der Waals surface area (Å²) in [4.78, 5) is 0. The van der Waals surface area contributed by atoms with E-state index < -0.39 is 7.80 Å². The number of hydrogen-bond acceptors (Lipinski definition) is 1. The van der Waals surface area contributed by atoms with Crippen LogP contribution in [0.1, 0.15) is 51.5 Å². The Bertz CT molecular complexity index is 534. The van der Waals surface area contributed by atoms with Crippen molar-refractivity contribution in [2.45, 2.75) is 46.0 Å². The second-order valence-electron chi connectivity index (χ2n) is 7.22. The molecule has 1 aromatic carbocycles. The molecule has 0 aromatic heterocycles. The molecule has 1 aromatic rings. The molecule has 2 saturated carbocycles. The van der Waals surface area contributed by atoms with E-state index in [9.17, 15) is 4.57 Å². The van der Waals surface area contributed by atoms with E-state index in [2.05, 4.69) is 39.0 Å². The molecule has 102 valence electrons. The molecule has 2 fully saturated rings. The lowest BCUT2D eigenvalue weighted by Gasteiger charge is -2.39. The largest absolute Gasteiger partial charge is 0.373 e. The Morgan fingerprint density at radius 1 is 1.21 bits per heavy atom. The first-order valence-electron chi connectivity index (χ1n) is 7.38. The fourth-order valence-electron chi connectivity index (χ4n) is 4.74. The lowest BCUT2D eigenvalue weighted by Crippen LogP contribution is -2.32. The van der Waals surface area contributed by atoms with Crippen LogP contribution in [0.4, 0.5) is 0 Å². The van der Waals surface area contributed by atoms with Crippen molar-refractivity contribution in [1.29, 1.82) is 0 Å². The first kappa shape index (κ1) is 13.3. The zero-order chi connectivity index (χ0) is 13.8. The molecule has 2 bridgehead atoms. The summed E-state index contributed by atoms with van der Waals surface area (Å²) in [6.07, 6.45) is 3.98. The summed E-state index contributed by atoms with van der Waals surface area (Å²) in [6, 6.07) is 8.42. The zero-order valence-electron chi connectivity index (χ0n) is 12.4. The Morgan fingerprint density at radius 3 is 2.42 bits per heavy atom. The Morgan fingerprint density at radius 2 is 1.89 bits per heavy atom. The van der Waals surface area contributed by atoms with Gasteiger partial charge in [-0.25, -0.2) is 0 Å². The second-order valence-corrected chi connectivity index (χ2v) is 8.70. The van der Waals surface area contributed by atoms with E-state index in [0.717, 1.165) is 11.2 Å². The summed E-state index contributed by atoms with van der Waals surface area (Å²) < 4.78 is 12.0. The Labute approximate surface area is 117 Å². The maximum absolute atomic E-state index is 12.0. The van der Waals surface area contributed by atoms with Crippen LogP contribution in [0.15, 0.2) is 24.3 Å². The summed E-state index contributed by atoms with van der Waals surface area (Å²) >= 11 is 0. The monoisotopic (exact) mass is 275 g/mol. The number of benzene rings is 1. The minimum Gasteiger partial charge on any atom is -0.0684 e. The average Bonchev–Trinajstić information content (AvgIpc) is 2.71. The van der Waals surface area contributed by atoms with Crippen LogP contribution < -0.4 is 5.30 Å². The Hall–Kier alpha value is -0.680. The maximum atomic E-state index is 12.0. The molecule has 1 nitrogen and oxygen atoms in total. The SMILES string of the molecule is C[P+](=O)c1ccccc1C1CC2CCC1(C)C2(C)C. The quantitative estimate of drug-likeness (QED) is 0.715. The van der Waals surface area contributed by atoms with E-state index in [4.69, 9.17) is 0 Å². The van der Waals surface area contributed by atoms with Crippen LogP contribution in [-0.4, -0.2) is 6.66 Å². The molecule has 0 saturated heterocycles. The minimum absolute atomic E-state index is 0.374. The van der Waals surface area contributed by atoms with Gasteiger partial charge in [0.1, 0.15) is 6.66 Å². The molecular weight excluding hydrogens is 251 g/mol. The smallest absolute Gasteiger partial charge is 0.0684 e. The molecule has 0 radical (unpaired) electrons. The summed E-state index contributed by atoms with van der Waals surface area (Å²) in [5.74, 6) is 1.43. The van der Waals surface area contributed by atoms with Crippen molar-refractivity contribution in [3.05, 3.63) is 29.8 Å². The standard InChI is InChI=1S/C17H24OP/c1-16(2)12-9-10-17(16,3)14(11-12)13-7-5-6-8-15(13)19(4)18/h5-8,12,14H,9-11H2,1-4H3/q+1. The van der Waals surface area contributed by atoms with Gasteiger partial charge < -0.3 is 0 Å². The molecule has 4 unspecified atom stereocenters. The summed E-state index contributed by atoms with van der Waals surface area (Å²) in [5, 5.41) is 1.09. The maximum Gasteiger partial charge on any atom is 0.373 e. The summed E-state index contributed by atoms with van der Waals surface area (Å²) in [7, 11) is -1.24. The fourth-order valence-corrected chi connectivity index (χ4v) is 5.63. The van der Waals surface area contributed by atoms with Crippen LogP contribution in [0.25, 0.3) is 0 Å². The van der Waals surface area contributed by atoms with Crippen molar-refractivity contribution in [2.24, 2.45) is 16.7 Å². The fraction of sp³-hybridized carbons (Fsp3) is 0.647. The topological polar surface area (TPSA) is 17.1 Å². The zero-order valence-corrected chi connectivity index (χ0v) is 13.3. The van der Waals surface area contributed by atoms with E-state index in [0.29, 0.717) is 16.7 Å². The number of hydrogen-bond donors (Lipinski definition) is 0. The first-order chi connectivity index (χ1) is 8.88. The Kier molecular flexibility index (Phi) is 2.91. The first-order valence-corrected chi connectivity index (χ1v) is 9.08. The predicted octanol–water partition coefficient (Wildman–Crippen LogP) is 4.70.